The Kier molecular flexibility index (Phi) is 3.63. The number of aromatic hydroxyl groups is 1. The lowest BCUT2D eigenvalue weighted by atomic mass is 9.57. The maximum absolute atomic E-state index is 13.5. The summed E-state index contributed by atoms with van der Waals surface area (Å²) in [6.45, 7) is 3.03. The minimum Gasteiger partial charge on any atom is -0.504 e. The van der Waals surface area contributed by atoms with E-state index in [4.69, 9.17) is 4.74 Å². The Bertz CT molecular complexity index is 1300. The number of aryl methyl sites for hydroxylation is 1. The van der Waals surface area contributed by atoms with Gasteiger partial charge in [0, 0.05) is 18.2 Å². The number of hydrogen-bond acceptors (Lipinski definition) is 6. The molecule has 180 valence electrons. The quantitative estimate of drug-likeness (QED) is 0.528. The lowest BCUT2D eigenvalue weighted by Crippen LogP contribution is -2.68. The number of phenolic OH excluding ortho intramolecular Hbond substituents is 1. The normalized spacial score (nSPS) is 40.1. The van der Waals surface area contributed by atoms with E-state index in [9.17, 15) is 19.8 Å². The third kappa shape index (κ3) is 2.25. The van der Waals surface area contributed by atoms with E-state index in [0.717, 1.165) is 23.6 Å². The first-order valence-corrected chi connectivity index (χ1v) is 12.8. The number of carbonyl (C=O) groups is 2. The van der Waals surface area contributed by atoms with Crippen molar-refractivity contribution in [3.05, 3.63) is 58.7 Å². The van der Waals surface area contributed by atoms with Crippen molar-refractivity contribution in [1.82, 2.24) is 9.80 Å². The van der Waals surface area contributed by atoms with E-state index in [2.05, 4.69) is 4.90 Å². The first-order chi connectivity index (χ1) is 16.9. The van der Waals surface area contributed by atoms with Crippen molar-refractivity contribution in [3.8, 4) is 11.5 Å². The van der Waals surface area contributed by atoms with Gasteiger partial charge >= 0.3 is 0 Å². The Balaban J connectivity index is 1.26. The van der Waals surface area contributed by atoms with Crippen LogP contribution in [0.2, 0.25) is 0 Å². The minimum atomic E-state index is -1.03. The number of ether oxygens (including phenoxy) is 1. The number of nitrogens with zero attached hydrogens (tertiary/aromatic N) is 2. The Labute approximate surface area is 203 Å². The minimum absolute atomic E-state index is 0.0493. The van der Waals surface area contributed by atoms with Crippen molar-refractivity contribution in [1.29, 1.82) is 0 Å². The first-order valence-electron chi connectivity index (χ1n) is 12.8. The number of hydrogen-bond donors (Lipinski definition) is 2. The second-order valence-electron chi connectivity index (χ2n) is 11.5. The second kappa shape index (κ2) is 6.26. The molecule has 6 aliphatic rings. The van der Waals surface area contributed by atoms with E-state index in [-0.39, 0.29) is 29.6 Å². The van der Waals surface area contributed by atoms with E-state index in [1.165, 1.54) is 17.7 Å². The number of imide groups is 1. The van der Waals surface area contributed by atoms with Crippen LogP contribution in [0.25, 0.3) is 0 Å². The van der Waals surface area contributed by atoms with Gasteiger partial charge in [0.25, 0.3) is 11.8 Å². The summed E-state index contributed by atoms with van der Waals surface area (Å²) in [6.07, 6.45) is 3.61. The molecule has 2 aromatic carbocycles. The molecule has 2 N–H and O–H groups in total. The van der Waals surface area contributed by atoms with Gasteiger partial charge in [-0.1, -0.05) is 18.2 Å². The molecule has 3 heterocycles. The Hall–Kier alpha value is -2.90. The lowest BCUT2D eigenvalue weighted by Gasteiger charge is -2.53. The van der Waals surface area contributed by atoms with Gasteiger partial charge < -0.3 is 14.9 Å². The smallest absolute Gasteiger partial charge is 0.261 e. The molecule has 7 nitrogen and oxygen atoms in total. The van der Waals surface area contributed by atoms with Crippen LogP contribution in [-0.2, 0) is 5.41 Å². The van der Waals surface area contributed by atoms with Gasteiger partial charge in [-0.2, -0.15) is 0 Å². The molecule has 7 heteroatoms. The summed E-state index contributed by atoms with van der Waals surface area (Å²) in [5, 5.41) is 23.3. The monoisotopic (exact) mass is 472 g/mol. The molecule has 4 fully saturated rings. The number of carbonyl (C=O) groups excluding carboxylic acids is 2. The van der Waals surface area contributed by atoms with Crippen molar-refractivity contribution in [2.24, 2.45) is 5.92 Å². The van der Waals surface area contributed by atoms with Crippen molar-refractivity contribution in [2.75, 3.05) is 6.54 Å². The number of likely N-dealkylation sites (tertiary alicyclic amines) is 1. The third-order valence-electron chi connectivity index (χ3n) is 9.87. The molecule has 8 rings (SSSR count). The van der Waals surface area contributed by atoms with Gasteiger partial charge in [0.05, 0.1) is 34.2 Å². The largest absolute Gasteiger partial charge is 0.504 e. The Morgan fingerprint density at radius 3 is 2.43 bits per heavy atom. The number of fused-ring (bicyclic) bond motifs is 4. The van der Waals surface area contributed by atoms with Crippen LogP contribution in [-0.4, -0.2) is 68.2 Å². The zero-order valence-electron chi connectivity index (χ0n) is 19.6. The van der Waals surface area contributed by atoms with Gasteiger partial charge in [-0.05, 0) is 68.7 Å². The molecule has 0 aromatic heterocycles. The molecule has 1 saturated heterocycles. The van der Waals surface area contributed by atoms with Crippen LogP contribution in [0.5, 0.6) is 11.5 Å². The molecule has 3 aliphatic heterocycles. The molecule has 2 aromatic rings. The maximum Gasteiger partial charge on any atom is 0.261 e. The molecule has 3 aliphatic carbocycles. The van der Waals surface area contributed by atoms with Crippen LogP contribution in [0, 0.1) is 12.8 Å². The number of aliphatic hydroxyl groups is 1. The van der Waals surface area contributed by atoms with Crippen LogP contribution in [0.1, 0.15) is 63.9 Å². The van der Waals surface area contributed by atoms with Gasteiger partial charge in [0.2, 0.25) is 0 Å². The van der Waals surface area contributed by atoms with E-state index < -0.39 is 23.2 Å². The molecule has 1 spiro atoms. The maximum atomic E-state index is 13.5. The third-order valence-corrected chi connectivity index (χ3v) is 9.87. The van der Waals surface area contributed by atoms with Crippen LogP contribution in [0.15, 0.2) is 36.4 Å². The molecular formula is C28H28N2O5. The van der Waals surface area contributed by atoms with E-state index in [0.29, 0.717) is 36.1 Å². The summed E-state index contributed by atoms with van der Waals surface area (Å²) in [5.41, 5.74) is 0.884. The first kappa shape index (κ1) is 20.3. The molecule has 3 saturated carbocycles. The highest BCUT2D eigenvalue weighted by Gasteiger charge is 2.81. The van der Waals surface area contributed by atoms with Crippen molar-refractivity contribution < 1.29 is 24.5 Å². The Morgan fingerprint density at radius 2 is 1.74 bits per heavy atom. The van der Waals surface area contributed by atoms with Crippen molar-refractivity contribution in [2.45, 2.75) is 74.3 Å². The lowest BCUT2D eigenvalue weighted by molar-refractivity contribution is -0.124. The zero-order chi connectivity index (χ0) is 23.9. The van der Waals surface area contributed by atoms with Crippen LogP contribution >= 0.6 is 0 Å². The highest BCUT2D eigenvalue weighted by atomic mass is 16.5. The van der Waals surface area contributed by atoms with Gasteiger partial charge in [-0.15, -0.1) is 0 Å². The summed E-state index contributed by atoms with van der Waals surface area (Å²) in [7, 11) is 0. The number of benzene rings is 2. The van der Waals surface area contributed by atoms with Crippen molar-refractivity contribution in [3.63, 3.8) is 0 Å². The molecule has 3 unspecified atom stereocenters. The fraction of sp³-hybridized carbons (Fsp3) is 0.500. The molecule has 0 bridgehead atoms. The number of amides is 2. The standard InChI is InChI=1S/C28H28N2O5/c1-14-6-9-20(31)22-21(14)27-12-19-23(29(19)13-15-7-8-15)28(27,34)11-10-18(24(27)35-22)30-25(32)16-4-2-3-5-17(16)26(30)33/h2-6,9,15,18-19,23-24,31,34H,7-8,10-13H2,1H3/t18-,19?,23+,24-,27?,28+,29?/m0/s1. The number of rotatable bonds is 3. The predicted molar refractivity (Wildman–Crippen MR) is 125 cm³/mol. The van der Waals surface area contributed by atoms with E-state index >= 15 is 0 Å². The molecule has 2 amide bonds. The topological polar surface area (TPSA) is 90.1 Å². The fourth-order valence-electron chi connectivity index (χ4n) is 8.24. The van der Waals surface area contributed by atoms with E-state index in [1.807, 2.05) is 13.0 Å². The van der Waals surface area contributed by atoms with Crippen LogP contribution in [0.4, 0.5) is 0 Å². The Morgan fingerprint density at radius 1 is 1.03 bits per heavy atom. The summed E-state index contributed by atoms with van der Waals surface area (Å²) in [4.78, 5) is 30.7. The molecule has 0 radical (unpaired) electrons. The molecule has 7 atom stereocenters. The summed E-state index contributed by atoms with van der Waals surface area (Å²) >= 11 is 0. The SMILES string of the molecule is Cc1ccc(O)c2c1C13CC4[C@@H](N4CC4CC4)[C@]1(O)CC[C@H](N1C(=O)c4ccccc4C1=O)[C@@H]3O2. The van der Waals surface area contributed by atoms with Crippen molar-refractivity contribution >= 4 is 11.8 Å². The highest BCUT2D eigenvalue weighted by molar-refractivity contribution is 6.21. The summed E-state index contributed by atoms with van der Waals surface area (Å²) in [5.74, 6) is 0.606. The second-order valence-corrected chi connectivity index (χ2v) is 11.5. The average Bonchev–Trinajstić information content (AvgIpc) is 3.71. The fourth-order valence-corrected chi connectivity index (χ4v) is 8.24. The molecule has 35 heavy (non-hydrogen) atoms. The average molecular weight is 473 g/mol. The summed E-state index contributed by atoms with van der Waals surface area (Å²) in [6, 6.07) is 10.3. The van der Waals surface area contributed by atoms with E-state index in [1.54, 1.807) is 30.3 Å². The number of phenols is 1. The van der Waals surface area contributed by atoms with Gasteiger partial charge in [0.15, 0.2) is 11.5 Å². The van der Waals surface area contributed by atoms with Gasteiger partial charge in [-0.3, -0.25) is 19.4 Å². The van der Waals surface area contributed by atoms with Gasteiger partial charge in [-0.25, -0.2) is 0 Å². The van der Waals surface area contributed by atoms with Gasteiger partial charge in [0.1, 0.15) is 6.10 Å². The number of piperidine rings is 1. The van der Waals surface area contributed by atoms with Crippen LogP contribution < -0.4 is 4.74 Å². The zero-order valence-corrected chi connectivity index (χ0v) is 19.6. The predicted octanol–water partition coefficient (Wildman–Crippen LogP) is 2.76. The highest BCUT2D eigenvalue weighted by Crippen LogP contribution is 2.70. The summed E-state index contributed by atoms with van der Waals surface area (Å²) < 4.78 is 6.54. The van der Waals surface area contributed by atoms with Crippen LogP contribution in [0.3, 0.4) is 0 Å². The molecular weight excluding hydrogens is 444 g/mol.